The number of pyridine rings is 1. The Labute approximate surface area is 105 Å². The molecule has 0 unspecified atom stereocenters. The van der Waals surface area contributed by atoms with E-state index in [2.05, 4.69) is 36.3 Å². The van der Waals surface area contributed by atoms with Gasteiger partial charge in [0, 0.05) is 26.8 Å². The van der Waals surface area contributed by atoms with Crippen molar-refractivity contribution in [1.29, 1.82) is 0 Å². The molecule has 0 radical (unpaired) electrons. The van der Waals surface area contributed by atoms with Gasteiger partial charge in [0.25, 0.3) is 0 Å². The first kappa shape index (κ1) is 14.0. The summed E-state index contributed by atoms with van der Waals surface area (Å²) < 4.78 is 0. The standard InChI is InChI=1S/C14H25N3/c1-5-12(6-2)9-15-10-13-7-8-14(16-11-13)17(3)4/h7-8,11-12,15H,5-6,9-10H2,1-4H3. The van der Waals surface area contributed by atoms with Crippen molar-refractivity contribution in [2.75, 3.05) is 25.5 Å². The lowest BCUT2D eigenvalue weighted by Gasteiger charge is -2.14. The maximum Gasteiger partial charge on any atom is 0.127 e. The fraction of sp³-hybridized carbons (Fsp3) is 0.643. The molecule has 0 atom stereocenters. The van der Waals surface area contributed by atoms with Crippen LogP contribution in [0, 0.1) is 5.92 Å². The van der Waals surface area contributed by atoms with Crippen molar-refractivity contribution in [1.82, 2.24) is 10.3 Å². The third kappa shape index (κ3) is 4.73. The second kappa shape index (κ2) is 7.28. The van der Waals surface area contributed by atoms with Crippen LogP contribution in [0.4, 0.5) is 5.82 Å². The number of nitrogens with one attached hydrogen (secondary N) is 1. The van der Waals surface area contributed by atoms with Gasteiger partial charge in [-0.2, -0.15) is 0 Å². The molecule has 96 valence electrons. The zero-order valence-corrected chi connectivity index (χ0v) is 11.5. The van der Waals surface area contributed by atoms with E-state index in [-0.39, 0.29) is 0 Å². The van der Waals surface area contributed by atoms with E-state index in [0.29, 0.717) is 0 Å². The second-order valence-corrected chi connectivity index (χ2v) is 4.73. The maximum absolute atomic E-state index is 4.40. The van der Waals surface area contributed by atoms with E-state index in [1.807, 2.05) is 25.2 Å². The lowest BCUT2D eigenvalue weighted by atomic mass is 10.0. The van der Waals surface area contributed by atoms with E-state index in [1.165, 1.54) is 18.4 Å². The van der Waals surface area contributed by atoms with Gasteiger partial charge in [0.05, 0.1) is 0 Å². The Kier molecular flexibility index (Phi) is 5.98. The Morgan fingerprint density at radius 1 is 1.24 bits per heavy atom. The van der Waals surface area contributed by atoms with Crippen molar-refractivity contribution in [2.24, 2.45) is 5.92 Å². The summed E-state index contributed by atoms with van der Waals surface area (Å²) in [6, 6.07) is 4.20. The molecule has 0 amide bonds. The lowest BCUT2D eigenvalue weighted by Crippen LogP contribution is -2.21. The van der Waals surface area contributed by atoms with Crippen LogP contribution in [0.25, 0.3) is 0 Å². The number of hydrogen-bond acceptors (Lipinski definition) is 3. The molecule has 1 aromatic rings. The van der Waals surface area contributed by atoms with E-state index >= 15 is 0 Å². The van der Waals surface area contributed by atoms with Gasteiger partial charge >= 0.3 is 0 Å². The Morgan fingerprint density at radius 2 is 1.94 bits per heavy atom. The second-order valence-electron chi connectivity index (χ2n) is 4.73. The number of nitrogens with zero attached hydrogens (tertiary/aromatic N) is 2. The zero-order valence-electron chi connectivity index (χ0n) is 11.5. The molecule has 1 N–H and O–H groups in total. The fourth-order valence-electron chi connectivity index (χ4n) is 1.78. The normalized spacial score (nSPS) is 10.9. The summed E-state index contributed by atoms with van der Waals surface area (Å²) in [7, 11) is 4.01. The highest BCUT2D eigenvalue weighted by Gasteiger charge is 2.02. The van der Waals surface area contributed by atoms with Crippen molar-refractivity contribution in [2.45, 2.75) is 33.2 Å². The summed E-state index contributed by atoms with van der Waals surface area (Å²) >= 11 is 0. The van der Waals surface area contributed by atoms with Crippen LogP contribution in [0.1, 0.15) is 32.3 Å². The predicted octanol–water partition coefficient (Wildman–Crippen LogP) is 2.67. The predicted molar refractivity (Wildman–Crippen MR) is 74.3 cm³/mol. The molecule has 3 heteroatoms. The number of rotatable bonds is 7. The molecule has 3 nitrogen and oxygen atoms in total. The van der Waals surface area contributed by atoms with Gasteiger partial charge < -0.3 is 10.2 Å². The average molecular weight is 235 g/mol. The van der Waals surface area contributed by atoms with E-state index < -0.39 is 0 Å². The van der Waals surface area contributed by atoms with Crippen LogP contribution < -0.4 is 10.2 Å². The minimum atomic E-state index is 0.795. The molecule has 0 aromatic carbocycles. The Morgan fingerprint density at radius 3 is 2.41 bits per heavy atom. The first-order valence-electron chi connectivity index (χ1n) is 6.50. The van der Waals surface area contributed by atoms with E-state index in [9.17, 15) is 0 Å². The highest BCUT2D eigenvalue weighted by molar-refractivity contribution is 5.37. The lowest BCUT2D eigenvalue weighted by molar-refractivity contribution is 0.449. The maximum atomic E-state index is 4.40. The van der Waals surface area contributed by atoms with Gasteiger partial charge in [0.15, 0.2) is 0 Å². The van der Waals surface area contributed by atoms with Crippen molar-refractivity contribution < 1.29 is 0 Å². The Hall–Kier alpha value is -1.09. The van der Waals surface area contributed by atoms with Crippen molar-refractivity contribution in [3.05, 3.63) is 23.9 Å². The molecule has 1 aromatic heterocycles. The summed E-state index contributed by atoms with van der Waals surface area (Å²) in [5.41, 5.74) is 1.25. The van der Waals surface area contributed by atoms with Crippen molar-refractivity contribution in [3.8, 4) is 0 Å². The van der Waals surface area contributed by atoms with Crippen LogP contribution in [0.3, 0.4) is 0 Å². The van der Waals surface area contributed by atoms with Crippen LogP contribution >= 0.6 is 0 Å². The summed E-state index contributed by atoms with van der Waals surface area (Å²) in [5, 5.41) is 3.50. The first-order chi connectivity index (χ1) is 8.17. The molecule has 0 aliphatic rings. The molecule has 0 aliphatic heterocycles. The first-order valence-corrected chi connectivity index (χ1v) is 6.50. The summed E-state index contributed by atoms with van der Waals surface area (Å²) in [5.74, 6) is 1.80. The minimum absolute atomic E-state index is 0.795. The van der Waals surface area contributed by atoms with Gasteiger partial charge in [-0.25, -0.2) is 4.98 Å². The Bertz CT molecular complexity index is 302. The third-order valence-corrected chi connectivity index (χ3v) is 3.18. The molecule has 0 spiro atoms. The topological polar surface area (TPSA) is 28.2 Å². The van der Waals surface area contributed by atoms with E-state index in [0.717, 1.165) is 24.8 Å². The highest BCUT2D eigenvalue weighted by Crippen LogP contribution is 2.09. The van der Waals surface area contributed by atoms with Crippen molar-refractivity contribution in [3.63, 3.8) is 0 Å². The molecule has 17 heavy (non-hydrogen) atoms. The fourth-order valence-corrected chi connectivity index (χ4v) is 1.78. The highest BCUT2D eigenvalue weighted by atomic mass is 15.1. The largest absolute Gasteiger partial charge is 0.363 e. The molecule has 0 aliphatic carbocycles. The van der Waals surface area contributed by atoms with E-state index in [4.69, 9.17) is 0 Å². The summed E-state index contributed by atoms with van der Waals surface area (Å²) in [4.78, 5) is 6.42. The number of anilines is 1. The van der Waals surface area contributed by atoms with Gasteiger partial charge in [-0.05, 0) is 24.1 Å². The van der Waals surface area contributed by atoms with Crippen LogP contribution in [-0.4, -0.2) is 25.6 Å². The Balaban J connectivity index is 2.37. The average Bonchev–Trinajstić information content (AvgIpc) is 2.35. The molecule has 0 fully saturated rings. The van der Waals surface area contributed by atoms with Gasteiger partial charge in [-0.15, -0.1) is 0 Å². The van der Waals surface area contributed by atoms with Gasteiger partial charge in [-0.1, -0.05) is 32.8 Å². The van der Waals surface area contributed by atoms with Gasteiger partial charge in [0.1, 0.15) is 5.82 Å². The third-order valence-electron chi connectivity index (χ3n) is 3.18. The zero-order chi connectivity index (χ0) is 12.7. The molecule has 0 saturated carbocycles. The van der Waals surface area contributed by atoms with Crippen LogP contribution in [0.2, 0.25) is 0 Å². The molecular formula is C14H25N3. The molecule has 0 bridgehead atoms. The molecule has 0 saturated heterocycles. The van der Waals surface area contributed by atoms with Crippen LogP contribution in [0.5, 0.6) is 0 Å². The van der Waals surface area contributed by atoms with Gasteiger partial charge in [-0.3, -0.25) is 0 Å². The van der Waals surface area contributed by atoms with Crippen molar-refractivity contribution >= 4 is 5.82 Å². The molecule has 1 heterocycles. The number of aromatic nitrogens is 1. The smallest absolute Gasteiger partial charge is 0.127 e. The summed E-state index contributed by atoms with van der Waals surface area (Å²) in [6.07, 6.45) is 4.46. The summed E-state index contributed by atoms with van der Waals surface area (Å²) in [6.45, 7) is 6.52. The van der Waals surface area contributed by atoms with Crippen LogP contribution in [-0.2, 0) is 6.54 Å². The SMILES string of the molecule is CCC(CC)CNCc1ccc(N(C)C)nc1. The molecule has 1 rings (SSSR count). The molecular weight excluding hydrogens is 210 g/mol. The van der Waals surface area contributed by atoms with Gasteiger partial charge in [0.2, 0.25) is 0 Å². The monoisotopic (exact) mass is 235 g/mol. The van der Waals surface area contributed by atoms with Crippen LogP contribution in [0.15, 0.2) is 18.3 Å². The van der Waals surface area contributed by atoms with E-state index in [1.54, 1.807) is 0 Å². The quantitative estimate of drug-likeness (QED) is 0.787. The number of hydrogen-bond donors (Lipinski definition) is 1. The minimum Gasteiger partial charge on any atom is -0.363 e.